The van der Waals surface area contributed by atoms with Crippen molar-refractivity contribution >= 4 is 45.8 Å². The van der Waals surface area contributed by atoms with Crippen LogP contribution in [0.4, 0.5) is 5.69 Å². The van der Waals surface area contributed by atoms with E-state index in [0.29, 0.717) is 6.42 Å². The van der Waals surface area contributed by atoms with Crippen molar-refractivity contribution in [2.75, 3.05) is 5.32 Å². The van der Waals surface area contributed by atoms with E-state index in [4.69, 9.17) is 0 Å². The van der Waals surface area contributed by atoms with Crippen molar-refractivity contribution in [1.29, 1.82) is 0 Å². The first-order valence-corrected chi connectivity index (χ1v) is 10.00. The molecule has 0 saturated carbocycles. The third kappa shape index (κ3) is 7.50. The minimum Gasteiger partial charge on any atom is -0.326 e. The summed E-state index contributed by atoms with van der Waals surface area (Å²) in [6, 6.07) is 15.8. The monoisotopic (exact) mass is 477 g/mol. The molecular formula is C21H24IN3O2. The van der Waals surface area contributed by atoms with Crippen LogP contribution in [0.1, 0.15) is 37.3 Å². The summed E-state index contributed by atoms with van der Waals surface area (Å²) in [4.78, 5) is 24.0. The normalized spacial score (nSPS) is 11.1. The van der Waals surface area contributed by atoms with Gasteiger partial charge in [-0.15, -0.1) is 0 Å². The first-order valence-electron chi connectivity index (χ1n) is 8.92. The maximum absolute atomic E-state index is 12.1. The van der Waals surface area contributed by atoms with E-state index >= 15 is 0 Å². The van der Waals surface area contributed by atoms with Crippen LogP contribution in [0.3, 0.4) is 0 Å². The first-order chi connectivity index (χ1) is 13.0. The topological polar surface area (TPSA) is 70.6 Å². The van der Waals surface area contributed by atoms with Gasteiger partial charge in [-0.1, -0.05) is 37.3 Å². The smallest absolute Gasteiger partial charge is 0.240 e. The molecule has 0 saturated heterocycles. The Bertz CT molecular complexity index is 819. The van der Waals surface area contributed by atoms with E-state index in [0.717, 1.165) is 32.5 Å². The van der Waals surface area contributed by atoms with Crippen LogP contribution in [0, 0.1) is 10.5 Å². The molecule has 0 aliphatic heterocycles. The third-order valence-corrected chi connectivity index (χ3v) is 4.71. The van der Waals surface area contributed by atoms with E-state index in [-0.39, 0.29) is 24.7 Å². The van der Waals surface area contributed by atoms with E-state index in [9.17, 15) is 9.59 Å². The summed E-state index contributed by atoms with van der Waals surface area (Å²) in [5.41, 5.74) is 6.38. The van der Waals surface area contributed by atoms with Gasteiger partial charge in [0.2, 0.25) is 11.8 Å². The molecule has 2 amide bonds. The van der Waals surface area contributed by atoms with Crippen LogP contribution in [0.15, 0.2) is 53.6 Å². The zero-order chi connectivity index (χ0) is 19.6. The molecule has 0 heterocycles. The van der Waals surface area contributed by atoms with Gasteiger partial charge >= 0.3 is 0 Å². The summed E-state index contributed by atoms with van der Waals surface area (Å²) in [7, 11) is 0. The zero-order valence-electron chi connectivity index (χ0n) is 15.6. The van der Waals surface area contributed by atoms with Crippen molar-refractivity contribution in [1.82, 2.24) is 5.43 Å². The Labute approximate surface area is 173 Å². The molecule has 2 aromatic carbocycles. The quantitative estimate of drug-likeness (QED) is 0.335. The van der Waals surface area contributed by atoms with Gasteiger partial charge in [-0.25, -0.2) is 5.43 Å². The second-order valence-electron chi connectivity index (χ2n) is 6.24. The van der Waals surface area contributed by atoms with Crippen molar-refractivity contribution in [3.63, 3.8) is 0 Å². The van der Waals surface area contributed by atoms with Crippen molar-refractivity contribution in [2.45, 2.75) is 39.5 Å². The van der Waals surface area contributed by atoms with Gasteiger partial charge in [-0.05, 0) is 65.3 Å². The Kier molecular flexibility index (Phi) is 8.44. The average Bonchev–Trinajstić information content (AvgIpc) is 2.66. The SMILES string of the molecule is CC/C(Cc1ccccc1)=N\NC(=O)CCC(=O)Nc1ccc(I)cc1C. The van der Waals surface area contributed by atoms with Gasteiger partial charge in [-0.2, -0.15) is 5.10 Å². The number of nitrogens with one attached hydrogen (secondary N) is 2. The molecule has 2 rings (SSSR count). The van der Waals surface area contributed by atoms with Crippen LogP contribution in [-0.2, 0) is 16.0 Å². The summed E-state index contributed by atoms with van der Waals surface area (Å²) < 4.78 is 1.11. The lowest BCUT2D eigenvalue weighted by Gasteiger charge is -2.09. The molecule has 2 aromatic rings. The fraction of sp³-hybridized carbons (Fsp3) is 0.286. The van der Waals surface area contributed by atoms with E-state index in [2.05, 4.69) is 38.4 Å². The van der Waals surface area contributed by atoms with Crippen molar-refractivity contribution in [3.8, 4) is 0 Å². The minimum atomic E-state index is -0.261. The fourth-order valence-electron chi connectivity index (χ4n) is 2.48. The van der Waals surface area contributed by atoms with Crippen LogP contribution in [0.2, 0.25) is 0 Å². The molecular weight excluding hydrogens is 453 g/mol. The highest BCUT2D eigenvalue weighted by Crippen LogP contribution is 2.18. The fourth-order valence-corrected chi connectivity index (χ4v) is 3.13. The lowest BCUT2D eigenvalue weighted by atomic mass is 10.1. The van der Waals surface area contributed by atoms with Crippen LogP contribution >= 0.6 is 22.6 Å². The maximum atomic E-state index is 12.1. The summed E-state index contributed by atoms with van der Waals surface area (Å²) >= 11 is 2.23. The van der Waals surface area contributed by atoms with E-state index in [1.807, 2.05) is 62.4 Å². The van der Waals surface area contributed by atoms with Gasteiger partial charge in [0.05, 0.1) is 0 Å². The van der Waals surface area contributed by atoms with Gasteiger partial charge < -0.3 is 5.32 Å². The number of hydrogen-bond donors (Lipinski definition) is 2. The minimum absolute atomic E-state index is 0.0983. The van der Waals surface area contributed by atoms with Crippen molar-refractivity contribution in [2.24, 2.45) is 5.10 Å². The summed E-state index contributed by atoms with van der Waals surface area (Å²) in [5, 5.41) is 7.05. The number of amides is 2. The number of hydrazone groups is 1. The highest BCUT2D eigenvalue weighted by atomic mass is 127. The first kappa shape index (κ1) is 21.1. The number of nitrogens with zero attached hydrogens (tertiary/aromatic N) is 1. The molecule has 0 aromatic heterocycles. The van der Waals surface area contributed by atoms with Gasteiger partial charge in [0.15, 0.2) is 0 Å². The largest absolute Gasteiger partial charge is 0.326 e. The molecule has 27 heavy (non-hydrogen) atoms. The Morgan fingerprint density at radius 1 is 1.04 bits per heavy atom. The van der Waals surface area contributed by atoms with Crippen molar-refractivity contribution in [3.05, 3.63) is 63.2 Å². The zero-order valence-corrected chi connectivity index (χ0v) is 17.7. The number of benzene rings is 2. The maximum Gasteiger partial charge on any atom is 0.240 e. The van der Waals surface area contributed by atoms with Crippen LogP contribution in [0.5, 0.6) is 0 Å². The molecule has 0 spiro atoms. The van der Waals surface area contributed by atoms with E-state index in [1.165, 1.54) is 0 Å². The molecule has 0 aliphatic rings. The number of aryl methyl sites for hydroxylation is 1. The molecule has 142 valence electrons. The molecule has 0 bridgehead atoms. The molecule has 0 unspecified atom stereocenters. The Morgan fingerprint density at radius 2 is 1.74 bits per heavy atom. The molecule has 5 nitrogen and oxygen atoms in total. The summed E-state index contributed by atoms with van der Waals surface area (Å²) in [6.07, 6.45) is 1.67. The van der Waals surface area contributed by atoms with Crippen LogP contribution in [0.25, 0.3) is 0 Å². The molecule has 2 N–H and O–H groups in total. The number of halogens is 1. The number of rotatable bonds is 8. The van der Waals surface area contributed by atoms with Gasteiger partial charge in [0.1, 0.15) is 0 Å². The summed E-state index contributed by atoms with van der Waals surface area (Å²) in [5.74, 6) is -0.443. The second kappa shape index (κ2) is 10.8. The molecule has 0 radical (unpaired) electrons. The third-order valence-electron chi connectivity index (χ3n) is 4.04. The van der Waals surface area contributed by atoms with Crippen LogP contribution < -0.4 is 10.7 Å². The standard InChI is InChI=1S/C21H24IN3O2/c1-3-18(14-16-7-5-4-6-8-16)24-25-21(27)12-11-20(26)23-19-10-9-17(22)13-15(19)2/h4-10,13H,3,11-12,14H2,1-2H3,(H,23,26)(H,25,27)/b24-18+. The Hall–Kier alpha value is -2.22. The number of carbonyl (C=O) groups is 2. The molecule has 6 heteroatoms. The van der Waals surface area contributed by atoms with Gasteiger partial charge in [0.25, 0.3) is 0 Å². The number of hydrogen-bond acceptors (Lipinski definition) is 3. The average molecular weight is 477 g/mol. The highest BCUT2D eigenvalue weighted by molar-refractivity contribution is 14.1. The predicted molar refractivity (Wildman–Crippen MR) is 118 cm³/mol. The number of carbonyl (C=O) groups excluding carboxylic acids is 2. The van der Waals surface area contributed by atoms with Crippen molar-refractivity contribution < 1.29 is 9.59 Å². The van der Waals surface area contributed by atoms with E-state index in [1.54, 1.807) is 0 Å². The molecule has 0 aliphatic carbocycles. The highest BCUT2D eigenvalue weighted by Gasteiger charge is 2.09. The summed E-state index contributed by atoms with van der Waals surface area (Å²) in [6.45, 7) is 3.95. The number of anilines is 1. The van der Waals surface area contributed by atoms with Gasteiger partial charge in [0, 0.05) is 34.2 Å². The molecule has 0 fully saturated rings. The van der Waals surface area contributed by atoms with Gasteiger partial charge in [-0.3, -0.25) is 9.59 Å². The van der Waals surface area contributed by atoms with Crippen LogP contribution in [-0.4, -0.2) is 17.5 Å². The second-order valence-corrected chi connectivity index (χ2v) is 7.48. The Balaban J connectivity index is 1.79. The lowest BCUT2D eigenvalue weighted by Crippen LogP contribution is -2.22. The predicted octanol–water partition coefficient (Wildman–Crippen LogP) is 4.44. The van der Waals surface area contributed by atoms with E-state index < -0.39 is 0 Å². The molecule has 0 atom stereocenters. The lowest BCUT2D eigenvalue weighted by molar-refractivity contribution is -0.124. The Morgan fingerprint density at radius 3 is 2.41 bits per heavy atom.